The summed E-state index contributed by atoms with van der Waals surface area (Å²) in [5.41, 5.74) is 9.53. The van der Waals surface area contributed by atoms with E-state index in [1.54, 1.807) is 26.3 Å². The quantitative estimate of drug-likeness (QED) is 0.600. The maximum atomic E-state index is 3.56. The first-order valence-corrected chi connectivity index (χ1v) is 8.77. The van der Waals surface area contributed by atoms with Gasteiger partial charge in [0.05, 0.1) is 0 Å². The average Bonchev–Trinajstić information content (AvgIpc) is 2.76. The summed E-state index contributed by atoms with van der Waals surface area (Å²) in [6.07, 6.45) is 3.51. The molecule has 0 aliphatic heterocycles. The van der Waals surface area contributed by atoms with Crippen molar-refractivity contribution in [3.63, 3.8) is 0 Å². The van der Waals surface area contributed by atoms with Gasteiger partial charge in [-0.05, 0) is 0 Å². The Morgan fingerprint density at radius 1 is 1.10 bits per heavy atom. The largest absolute Gasteiger partial charge is 1.00 e. The number of allylic oxidation sites excluding steroid dienone is 4. The molecule has 2 atom stereocenters. The standard InChI is InChI=1S/C11H15.C6H8N.2ClH.Ti/c1-6-5-10-8(3)7(2)9(4)11(6)10;1-5-3-7-4-6(5)2;;;/h6H,5H2,1-4H3;3,7H,1-2H3;2*1H;/q;;;;+2/p-2. The summed E-state index contributed by atoms with van der Waals surface area (Å²) in [7, 11) is 0. The summed E-state index contributed by atoms with van der Waals surface area (Å²) in [5, 5.41) is 0. The molecule has 1 heterocycles. The molecule has 114 valence electrons. The van der Waals surface area contributed by atoms with Gasteiger partial charge in [-0.25, -0.2) is 0 Å². The first-order valence-electron chi connectivity index (χ1n) is 7.21. The summed E-state index contributed by atoms with van der Waals surface area (Å²) in [6.45, 7) is 14.0. The third-order valence-corrected chi connectivity index (χ3v) is 9.26. The number of aromatic amines is 1. The minimum absolute atomic E-state index is 0. The van der Waals surface area contributed by atoms with E-state index in [9.17, 15) is 0 Å². The fourth-order valence-electron chi connectivity index (χ4n) is 3.85. The maximum Gasteiger partial charge on any atom is -1.00 e. The Morgan fingerprint density at radius 2 is 1.71 bits per heavy atom. The van der Waals surface area contributed by atoms with Gasteiger partial charge in [0.2, 0.25) is 0 Å². The molecule has 3 rings (SSSR count). The van der Waals surface area contributed by atoms with Crippen molar-refractivity contribution in [3.05, 3.63) is 39.6 Å². The minimum atomic E-state index is -0.181. The van der Waals surface area contributed by atoms with Gasteiger partial charge in [-0.2, -0.15) is 0 Å². The molecule has 1 aromatic heterocycles. The smallest absolute Gasteiger partial charge is 1.00 e. The van der Waals surface area contributed by atoms with Gasteiger partial charge in [0.15, 0.2) is 0 Å². The van der Waals surface area contributed by atoms with E-state index < -0.39 is 0 Å². The van der Waals surface area contributed by atoms with Crippen LogP contribution in [0.5, 0.6) is 0 Å². The van der Waals surface area contributed by atoms with Gasteiger partial charge in [-0.15, -0.1) is 0 Å². The van der Waals surface area contributed by atoms with Crippen LogP contribution in [0.2, 0.25) is 3.72 Å². The number of aryl methyl sites for hydroxylation is 1. The van der Waals surface area contributed by atoms with Crippen LogP contribution >= 0.6 is 0 Å². The van der Waals surface area contributed by atoms with Gasteiger partial charge in [0.1, 0.15) is 0 Å². The third-order valence-electron chi connectivity index (χ3n) is 5.62. The van der Waals surface area contributed by atoms with E-state index in [4.69, 9.17) is 0 Å². The van der Waals surface area contributed by atoms with Crippen molar-refractivity contribution < 1.29 is 44.0 Å². The molecule has 1 nitrogen and oxygen atoms in total. The second-order valence-corrected chi connectivity index (χ2v) is 8.77. The molecule has 1 aromatic rings. The molecule has 0 saturated heterocycles. The molecule has 0 spiro atoms. The van der Waals surface area contributed by atoms with E-state index in [0.717, 1.165) is 5.92 Å². The van der Waals surface area contributed by atoms with Crippen LogP contribution in [-0.2, 0) is 19.2 Å². The molecule has 0 bridgehead atoms. The molecular formula is C17H23Cl2NTi. The van der Waals surface area contributed by atoms with Crippen molar-refractivity contribution in [1.82, 2.24) is 4.98 Å². The SMILES string of the molecule is CC1=C(C)[C]2([Ti+2][c]3[nH]cc(C)c3C)C(=C1C)CC2C.[Cl-].[Cl-]. The number of fused-ring (bicyclic) bond motifs is 1. The van der Waals surface area contributed by atoms with Crippen molar-refractivity contribution in [1.29, 1.82) is 0 Å². The van der Waals surface area contributed by atoms with Crippen LogP contribution in [0.4, 0.5) is 0 Å². The second-order valence-electron chi connectivity index (χ2n) is 6.36. The summed E-state index contributed by atoms with van der Waals surface area (Å²) >= 11 is -0.181. The third kappa shape index (κ3) is 2.41. The zero-order valence-corrected chi connectivity index (χ0v) is 16.7. The molecule has 1 N–H and O–H groups in total. The van der Waals surface area contributed by atoms with E-state index in [0.29, 0.717) is 3.72 Å². The molecule has 2 unspecified atom stereocenters. The first-order chi connectivity index (χ1) is 8.89. The number of aromatic nitrogens is 1. The van der Waals surface area contributed by atoms with Crippen LogP contribution in [-0.4, -0.2) is 4.98 Å². The molecule has 4 heteroatoms. The monoisotopic (exact) mass is 359 g/mol. The van der Waals surface area contributed by atoms with Gasteiger partial charge in [0.25, 0.3) is 0 Å². The summed E-state index contributed by atoms with van der Waals surface area (Å²) < 4.78 is 2.01. The molecule has 1 fully saturated rings. The normalized spacial score (nSPS) is 26.7. The van der Waals surface area contributed by atoms with Gasteiger partial charge < -0.3 is 24.8 Å². The molecule has 0 radical (unpaired) electrons. The zero-order valence-electron chi connectivity index (χ0n) is 13.6. The van der Waals surface area contributed by atoms with Crippen LogP contribution in [0, 0.1) is 19.8 Å². The van der Waals surface area contributed by atoms with Crippen LogP contribution < -0.4 is 28.8 Å². The Balaban J connectivity index is 0.00000110. The van der Waals surface area contributed by atoms with Crippen LogP contribution in [0.15, 0.2) is 28.5 Å². The Kier molecular flexibility index (Phi) is 5.71. The Bertz CT molecular complexity index is 607. The van der Waals surface area contributed by atoms with Crippen molar-refractivity contribution in [2.45, 2.75) is 51.7 Å². The number of H-pyrrole nitrogens is 1. The second kappa shape index (κ2) is 6.28. The predicted octanol–water partition coefficient (Wildman–Crippen LogP) is -1.79. The number of rotatable bonds is 2. The summed E-state index contributed by atoms with van der Waals surface area (Å²) in [5.74, 6) is 0.831. The molecule has 1 saturated carbocycles. The average molecular weight is 360 g/mol. The van der Waals surface area contributed by atoms with Gasteiger partial charge in [0, 0.05) is 0 Å². The van der Waals surface area contributed by atoms with Crippen molar-refractivity contribution in [3.8, 4) is 0 Å². The van der Waals surface area contributed by atoms with E-state index in [1.807, 2.05) is 0 Å². The maximum absolute atomic E-state index is 3.56. The van der Waals surface area contributed by atoms with Crippen molar-refractivity contribution in [2.75, 3.05) is 0 Å². The van der Waals surface area contributed by atoms with Crippen molar-refractivity contribution >= 4 is 4.00 Å². The zero-order chi connectivity index (χ0) is 13.9. The van der Waals surface area contributed by atoms with E-state index >= 15 is 0 Å². The first kappa shape index (κ1) is 19.1. The van der Waals surface area contributed by atoms with Gasteiger partial charge >= 0.3 is 125 Å². The predicted molar refractivity (Wildman–Crippen MR) is 77.4 cm³/mol. The fraction of sp³-hybridized carbons (Fsp3) is 0.529. The number of halogens is 2. The van der Waals surface area contributed by atoms with E-state index in [2.05, 4.69) is 52.7 Å². The Hall–Kier alpha value is 0.0543. The number of nitrogens with one attached hydrogen (secondary N) is 1. The molecule has 0 amide bonds. The topological polar surface area (TPSA) is 15.8 Å². The Labute approximate surface area is 149 Å². The summed E-state index contributed by atoms with van der Waals surface area (Å²) in [4.78, 5) is 3.56. The molecule has 2 aliphatic carbocycles. The fourth-order valence-corrected chi connectivity index (χ4v) is 7.11. The van der Waals surface area contributed by atoms with E-state index in [-0.39, 0.29) is 44.0 Å². The van der Waals surface area contributed by atoms with Gasteiger partial charge in [-0.1, -0.05) is 0 Å². The molecular weight excluding hydrogens is 337 g/mol. The summed E-state index contributed by atoms with van der Waals surface area (Å²) in [6, 6.07) is 0. The van der Waals surface area contributed by atoms with Crippen LogP contribution in [0.3, 0.4) is 0 Å². The minimum Gasteiger partial charge on any atom is -1.00 e. The number of hydrogen-bond acceptors (Lipinski definition) is 0. The molecule has 2 aliphatic rings. The van der Waals surface area contributed by atoms with E-state index in [1.165, 1.54) is 17.5 Å². The number of hydrogen-bond donors (Lipinski definition) is 1. The van der Waals surface area contributed by atoms with Crippen LogP contribution in [0.1, 0.15) is 45.2 Å². The van der Waals surface area contributed by atoms with Gasteiger partial charge in [-0.3, -0.25) is 0 Å². The Morgan fingerprint density at radius 3 is 2.14 bits per heavy atom. The van der Waals surface area contributed by atoms with Crippen LogP contribution in [0.25, 0.3) is 0 Å². The molecule has 21 heavy (non-hydrogen) atoms. The van der Waals surface area contributed by atoms with Crippen molar-refractivity contribution in [2.24, 2.45) is 5.92 Å². The molecule has 0 aromatic carbocycles.